The van der Waals surface area contributed by atoms with E-state index in [1.165, 1.54) is 0 Å². The molecule has 1 amide bonds. The number of ether oxygens (including phenoxy) is 1. The van der Waals surface area contributed by atoms with Crippen LogP contribution in [-0.2, 0) is 9.53 Å². The van der Waals surface area contributed by atoms with Gasteiger partial charge in [-0.25, -0.2) is 0 Å². The number of rotatable bonds is 4. The molecule has 0 saturated carbocycles. The number of morpholine rings is 1. The third-order valence-electron chi connectivity index (χ3n) is 4.20. The Balaban J connectivity index is 1.91. The summed E-state index contributed by atoms with van der Waals surface area (Å²) in [5.74, 6) is -1.23. The largest absolute Gasteiger partial charge is 0.481 e. The van der Waals surface area contributed by atoms with E-state index >= 15 is 0 Å². The Labute approximate surface area is 150 Å². The van der Waals surface area contributed by atoms with Gasteiger partial charge in [-0.2, -0.15) is 0 Å². The number of hydrogen-bond acceptors (Lipinski definition) is 3. The van der Waals surface area contributed by atoms with Crippen LogP contribution in [0.15, 0.2) is 48.5 Å². The predicted molar refractivity (Wildman–Crippen MR) is 94.8 cm³/mol. The molecule has 0 spiro atoms. The van der Waals surface area contributed by atoms with Crippen molar-refractivity contribution in [2.45, 2.75) is 12.5 Å². The Bertz CT molecular complexity index is 778. The van der Waals surface area contributed by atoms with Crippen LogP contribution in [0.4, 0.5) is 0 Å². The van der Waals surface area contributed by atoms with Gasteiger partial charge in [-0.15, -0.1) is 0 Å². The molecule has 0 bridgehead atoms. The first-order valence-corrected chi connectivity index (χ1v) is 8.39. The van der Waals surface area contributed by atoms with Gasteiger partial charge in [0.25, 0.3) is 5.91 Å². The standard InChI is InChI=1S/C19H18ClNO4/c20-17-7-6-14(13-4-2-1-3-5-13)10-16(17)19(24)21-8-9-25-12-15(21)11-18(22)23/h1-7,10,15H,8-9,11-12H2,(H,22,23). The van der Waals surface area contributed by atoms with Gasteiger partial charge in [-0.3, -0.25) is 9.59 Å². The maximum Gasteiger partial charge on any atom is 0.305 e. The van der Waals surface area contributed by atoms with Crippen LogP contribution in [0.1, 0.15) is 16.8 Å². The van der Waals surface area contributed by atoms with E-state index in [0.29, 0.717) is 23.7 Å². The van der Waals surface area contributed by atoms with Crippen molar-refractivity contribution in [1.82, 2.24) is 4.90 Å². The summed E-state index contributed by atoms with van der Waals surface area (Å²) >= 11 is 6.26. The number of nitrogens with zero attached hydrogens (tertiary/aromatic N) is 1. The van der Waals surface area contributed by atoms with Crippen LogP contribution in [0, 0.1) is 0 Å². The number of carboxylic acid groups (broad SMARTS) is 1. The minimum atomic E-state index is -0.961. The summed E-state index contributed by atoms with van der Waals surface area (Å²) in [5, 5.41) is 9.42. The Morgan fingerprint density at radius 3 is 2.64 bits per heavy atom. The number of carboxylic acids is 1. The molecule has 1 atom stereocenters. The molecule has 2 aromatic rings. The molecule has 5 nitrogen and oxygen atoms in total. The number of carbonyl (C=O) groups excluding carboxylic acids is 1. The van der Waals surface area contributed by atoms with Gasteiger partial charge in [-0.1, -0.05) is 48.0 Å². The Morgan fingerprint density at radius 1 is 1.16 bits per heavy atom. The van der Waals surface area contributed by atoms with Crippen LogP contribution in [0.5, 0.6) is 0 Å². The second-order valence-corrected chi connectivity index (χ2v) is 6.29. The van der Waals surface area contributed by atoms with E-state index in [2.05, 4.69) is 0 Å². The van der Waals surface area contributed by atoms with E-state index < -0.39 is 12.0 Å². The van der Waals surface area contributed by atoms with Gasteiger partial charge < -0.3 is 14.7 Å². The molecule has 1 aliphatic rings. The van der Waals surface area contributed by atoms with Gasteiger partial charge in [0.15, 0.2) is 0 Å². The second-order valence-electron chi connectivity index (χ2n) is 5.89. The molecular formula is C19H18ClNO4. The highest BCUT2D eigenvalue weighted by atomic mass is 35.5. The van der Waals surface area contributed by atoms with Gasteiger partial charge in [0.1, 0.15) is 0 Å². The minimum absolute atomic E-state index is 0.151. The predicted octanol–water partition coefficient (Wildman–Crippen LogP) is 3.32. The average Bonchev–Trinajstić information content (AvgIpc) is 2.62. The fraction of sp³-hybridized carbons (Fsp3) is 0.263. The minimum Gasteiger partial charge on any atom is -0.481 e. The van der Waals surface area contributed by atoms with Gasteiger partial charge in [0.2, 0.25) is 0 Å². The Kier molecular flexibility index (Phi) is 5.36. The van der Waals surface area contributed by atoms with E-state index in [4.69, 9.17) is 21.4 Å². The number of hydrogen-bond donors (Lipinski definition) is 1. The zero-order chi connectivity index (χ0) is 17.8. The summed E-state index contributed by atoms with van der Waals surface area (Å²) in [4.78, 5) is 25.6. The number of halogens is 1. The Hall–Kier alpha value is -2.37. The van der Waals surface area contributed by atoms with Crippen molar-refractivity contribution >= 4 is 23.5 Å². The molecular weight excluding hydrogens is 342 g/mol. The molecule has 1 aliphatic heterocycles. The zero-order valence-electron chi connectivity index (χ0n) is 13.5. The Morgan fingerprint density at radius 2 is 1.92 bits per heavy atom. The molecule has 1 unspecified atom stereocenters. The molecule has 0 aliphatic carbocycles. The summed E-state index contributed by atoms with van der Waals surface area (Å²) in [7, 11) is 0. The first kappa shape index (κ1) is 17.5. The third-order valence-corrected chi connectivity index (χ3v) is 4.53. The van der Waals surface area contributed by atoms with Crippen molar-refractivity contribution in [3.8, 4) is 11.1 Å². The van der Waals surface area contributed by atoms with Crippen LogP contribution in [0.3, 0.4) is 0 Å². The van der Waals surface area contributed by atoms with Gasteiger partial charge in [-0.05, 0) is 23.3 Å². The summed E-state index contributed by atoms with van der Waals surface area (Å²) in [6, 6.07) is 14.5. The third kappa shape index (κ3) is 4.00. The molecule has 1 saturated heterocycles. The number of amides is 1. The van der Waals surface area contributed by atoms with Crippen LogP contribution in [0.25, 0.3) is 11.1 Å². The molecule has 0 aromatic heterocycles. The topological polar surface area (TPSA) is 66.8 Å². The van der Waals surface area contributed by atoms with Crippen molar-refractivity contribution < 1.29 is 19.4 Å². The summed E-state index contributed by atoms with van der Waals surface area (Å²) < 4.78 is 5.33. The van der Waals surface area contributed by atoms with E-state index in [0.717, 1.165) is 11.1 Å². The van der Waals surface area contributed by atoms with Gasteiger partial charge in [0.05, 0.1) is 36.3 Å². The monoisotopic (exact) mass is 359 g/mol. The highest BCUT2D eigenvalue weighted by Gasteiger charge is 2.30. The van der Waals surface area contributed by atoms with Gasteiger partial charge in [0, 0.05) is 6.54 Å². The second kappa shape index (κ2) is 7.68. The van der Waals surface area contributed by atoms with E-state index in [9.17, 15) is 9.59 Å². The summed E-state index contributed by atoms with van der Waals surface area (Å²) in [6.07, 6.45) is -0.151. The maximum absolute atomic E-state index is 13.0. The fourth-order valence-electron chi connectivity index (χ4n) is 2.95. The zero-order valence-corrected chi connectivity index (χ0v) is 14.3. The van der Waals surface area contributed by atoms with Crippen LogP contribution in [-0.4, -0.2) is 47.7 Å². The molecule has 2 aromatic carbocycles. The van der Waals surface area contributed by atoms with Crippen LogP contribution >= 0.6 is 11.6 Å². The van der Waals surface area contributed by atoms with Crippen molar-refractivity contribution in [2.24, 2.45) is 0 Å². The summed E-state index contributed by atoms with van der Waals surface area (Å²) in [6.45, 7) is 0.953. The maximum atomic E-state index is 13.0. The molecule has 0 radical (unpaired) electrons. The normalized spacial score (nSPS) is 17.3. The molecule has 25 heavy (non-hydrogen) atoms. The smallest absolute Gasteiger partial charge is 0.305 e. The van der Waals surface area contributed by atoms with Crippen molar-refractivity contribution in [2.75, 3.05) is 19.8 Å². The lowest BCUT2D eigenvalue weighted by Crippen LogP contribution is -2.49. The molecule has 130 valence electrons. The average molecular weight is 360 g/mol. The lowest BCUT2D eigenvalue weighted by atomic mass is 10.0. The molecule has 6 heteroatoms. The number of carbonyl (C=O) groups is 2. The summed E-state index contributed by atoms with van der Waals surface area (Å²) in [5.41, 5.74) is 2.24. The van der Waals surface area contributed by atoms with Crippen LogP contribution in [0.2, 0.25) is 5.02 Å². The van der Waals surface area contributed by atoms with E-state index in [-0.39, 0.29) is 18.9 Å². The number of benzene rings is 2. The molecule has 3 rings (SSSR count). The fourth-order valence-corrected chi connectivity index (χ4v) is 3.15. The van der Waals surface area contributed by atoms with Gasteiger partial charge >= 0.3 is 5.97 Å². The quantitative estimate of drug-likeness (QED) is 0.909. The van der Waals surface area contributed by atoms with Crippen molar-refractivity contribution in [3.63, 3.8) is 0 Å². The molecule has 1 N–H and O–H groups in total. The molecule has 1 fully saturated rings. The van der Waals surface area contributed by atoms with E-state index in [1.54, 1.807) is 17.0 Å². The highest BCUT2D eigenvalue weighted by Crippen LogP contribution is 2.27. The lowest BCUT2D eigenvalue weighted by Gasteiger charge is -2.35. The van der Waals surface area contributed by atoms with E-state index in [1.807, 2.05) is 36.4 Å². The molecule has 1 heterocycles. The SMILES string of the molecule is O=C(O)CC1COCCN1C(=O)c1cc(-c2ccccc2)ccc1Cl. The van der Waals surface area contributed by atoms with Crippen LogP contribution < -0.4 is 0 Å². The first-order valence-electron chi connectivity index (χ1n) is 8.01. The van der Waals surface area contributed by atoms with Crippen molar-refractivity contribution in [1.29, 1.82) is 0 Å². The highest BCUT2D eigenvalue weighted by molar-refractivity contribution is 6.34. The van der Waals surface area contributed by atoms with Crippen molar-refractivity contribution in [3.05, 3.63) is 59.1 Å². The lowest BCUT2D eigenvalue weighted by molar-refractivity contribution is -0.139. The number of aliphatic carboxylic acids is 1. The first-order chi connectivity index (χ1) is 12.1.